The van der Waals surface area contributed by atoms with Gasteiger partial charge in [-0.15, -0.1) is 0 Å². The van der Waals surface area contributed by atoms with Crippen LogP contribution in [0.4, 0.5) is 0 Å². The Bertz CT molecular complexity index is 355. The van der Waals surface area contributed by atoms with Gasteiger partial charge in [0, 0.05) is 18.6 Å². The topological polar surface area (TPSA) is 49.4 Å². The Morgan fingerprint density at radius 2 is 1.89 bits per heavy atom. The maximum Gasteiger partial charge on any atom is 0.150 e. The zero-order valence-corrected chi connectivity index (χ0v) is 12.4. The Morgan fingerprint density at radius 1 is 1.22 bits per heavy atom. The molecule has 2 atom stereocenters. The van der Waals surface area contributed by atoms with Gasteiger partial charge in [0.15, 0.2) is 0 Å². The van der Waals surface area contributed by atoms with Gasteiger partial charge in [0.25, 0.3) is 0 Å². The number of piperidine rings is 1. The molecule has 5 heteroatoms. The van der Waals surface area contributed by atoms with Gasteiger partial charge in [0.1, 0.15) is 9.84 Å². The van der Waals surface area contributed by atoms with Crippen molar-refractivity contribution in [3.05, 3.63) is 0 Å². The maximum atomic E-state index is 11.4. The molecule has 0 radical (unpaired) electrons. The average molecular weight is 274 g/mol. The largest absolute Gasteiger partial charge is 0.311 e. The van der Waals surface area contributed by atoms with Crippen molar-refractivity contribution in [2.24, 2.45) is 5.92 Å². The molecular weight excluding hydrogens is 248 g/mol. The lowest BCUT2D eigenvalue weighted by atomic mass is 9.91. The molecule has 2 unspecified atom stereocenters. The summed E-state index contributed by atoms with van der Waals surface area (Å²) in [6.45, 7) is 4.64. The highest BCUT2D eigenvalue weighted by molar-refractivity contribution is 7.91. The van der Waals surface area contributed by atoms with Gasteiger partial charge in [-0.2, -0.15) is 0 Å². The molecule has 2 fully saturated rings. The smallest absolute Gasteiger partial charge is 0.150 e. The summed E-state index contributed by atoms with van der Waals surface area (Å²) in [6, 6.07) is 0.898. The van der Waals surface area contributed by atoms with E-state index < -0.39 is 9.84 Å². The third-order valence-electron chi connectivity index (χ3n) is 4.42. The van der Waals surface area contributed by atoms with Gasteiger partial charge in [-0.3, -0.25) is 0 Å². The molecule has 0 aromatic carbocycles. The van der Waals surface area contributed by atoms with Crippen LogP contribution in [0.2, 0.25) is 0 Å². The zero-order chi connectivity index (χ0) is 13.2. The number of nitrogens with zero attached hydrogens (tertiary/aromatic N) is 1. The summed E-state index contributed by atoms with van der Waals surface area (Å²) in [5.41, 5.74) is 0. The van der Waals surface area contributed by atoms with Crippen molar-refractivity contribution in [3.63, 3.8) is 0 Å². The lowest BCUT2D eigenvalue weighted by Gasteiger charge is -2.36. The minimum atomic E-state index is -2.73. The molecule has 0 saturated carbocycles. The van der Waals surface area contributed by atoms with E-state index in [1.165, 1.54) is 25.9 Å². The van der Waals surface area contributed by atoms with Crippen LogP contribution < -0.4 is 5.32 Å². The summed E-state index contributed by atoms with van der Waals surface area (Å²) in [6.07, 6.45) is 4.15. The van der Waals surface area contributed by atoms with E-state index in [2.05, 4.69) is 24.2 Å². The highest BCUT2D eigenvalue weighted by Crippen LogP contribution is 2.20. The molecule has 2 aliphatic heterocycles. The van der Waals surface area contributed by atoms with Crippen molar-refractivity contribution in [3.8, 4) is 0 Å². The number of hydrogen-bond acceptors (Lipinski definition) is 4. The van der Waals surface area contributed by atoms with Crippen LogP contribution in [0.25, 0.3) is 0 Å². The van der Waals surface area contributed by atoms with Crippen LogP contribution in [0.5, 0.6) is 0 Å². The number of likely N-dealkylation sites (tertiary alicyclic amines) is 1. The fraction of sp³-hybridized carbons (Fsp3) is 1.00. The minimum Gasteiger partial charge on any atom is -0.311 e. The molecule has 0 spiro atoms. The van der Waals surface area contributed by atoms with Crippen molar-refractivity contribution in [2.45, 2.75) is 44.7 Å². The number of hydrogen-bond donors (Lipinski definition) is 1. The second-order valence-corrected chi connectivity index (χ2v) is 8.35. The van der Waals surface area contributed by atoms with Crippen molar-refractivity contribution in [2.75, 3.05) is 31.6 Å². The quantitative estimate of drug-likeness (QED) is 0.830. The molecule has 2 heterocycles. The van der Waals surface area contributed by atoms with E-state index in [1.807, 2.05) is 0 Å². The van der Waals surface area contributed by atoms with Gasteiger partial charge in [-0.1, -0.05) is 0 Å². The molecule has 18 heavy (non-hydrogen) atoms. The first-order chi connectivity index (χ1) is 8.46. The number of nitrogens with one attached hydrogen (secondary N) is 1. The monoisotopic (exact) mass is 274 g/mol. The lowest BCUT2D eigenvalue weighted by molar-refractivity contribution is 0.171. The van der Waals surface area contributed by atoms with Crippen LogP contribution >= 0.6 is 0 Å². The molecule has 0 aromatic heterocycles. The molecule has 0 amide bonds. The summed E-state index contributed by atoms with van der Waals surface area (Å²) in [7, 11) is -0.547. The van der Waals surface area contributed by atoms with Gasteiger partial charge < -0.3 is 10.2 Å². The van der Waals surface area contributed by atoms with Crippen molar-refractivity contribution >= 4 is 9.84 Å². The van der Waals surface area contributed by atoms with Crippen molar-refractivity contribution < 1.29 is 8.42 Å². The Labute approximate surface area is 111 Å². The minimum absolute atomic E-state index is 0.363. The van der Waals surface area contributed by atoms with Crippen molar-refractivity contribution in [1.29, 1.82) is 0 Å². The first-order valence-corrected chi connectivity index (χ1v) is 8.93. The van der Waals surface area contributed by atoms with E-state index in [1.54, 1.807) is 0 Å². The Hall–Kier alpha value is -0.130. The summed E-state index contributed by atoms with van der Waals surface area (Å²) >= 11 is 0. The van der Waals surface area contributed by atoms with Crippen LogP contribution in [0.3, 0.4) is 0 Å². The molecule has 0 bridgehead atoms. The van der Waals surface area contributed by atoms with Crippen LogP contribution in [0.15, 0.2) is 0 Å². The van der Waals surface area contributed by atoms with Gasteiger partial charge in [0.05, 0.1) is 11.5 Å². The second-order valence-electron chi connectivity index (χ2n) is 6.05. The van der Waals surface area contributed by atoms with Crippen molar-refractivity contribution in [1.82, 2.24) is 10.2 Å². The molecule has 2 saturated heterocycles. The predicted molar refractivity (Wildman–Crippen MR) is 74.5 cm³/mol. The van der Waals surface area contributed by atoms with Gasteiger partial charge in [-0.05, 0) is 52.1 Å². The third-order valence-corrected chi connectivity index (χ3v) is 6.14. The zero-order valence-electron chi connectivity index (χ0n) is 11.6. The van der Waals surface area contributed by atoms with E-state index >= 15 is 0 Å². The summed E-state index contributed by atoms with van der Waals surface area (Å²) in [5.74, 6) is 1.44. The normalized spacial score (nSPS) is 32.2. The molecular formula is C13H26N2O2S. The molecule has 0 aromatic rings. The molecule has 1 N–H and O–H groups in total. The van der Waals surface area contributed by atoms with E-state index in [-0.39, 0.29) is 0 Å². The first-order valence-electron chi connectivity index (χ1n) is 7.11. The van der Waals surface area contributed by atoms with Gasteiger partial charge >= 0.3 is 0 Å². The lowest BCUT2D eigenvalue weighted by Crippen LogP contribution is -2.48. The molecule has 4 nitrogen and oxygen atoms in total. The Kier molecular flexibility index (Phi) is 4.67. The summed E-state index contributed by atoms with van der Waals surface area (Å²) < 4.78 is 22.8. The third kappa shape index (κ3) is 3.93. The SMILES string of the molecule is CC(NC1CCS(=O)(=O)CC1)C1CCCN(C)C1. The predicted octanol–water partition coefficient (Wildman–Crippen LogP) is 0.884. The maximum absolute atomic E-state index is 11.4. The summed E-state index contributed by atoms with van der Waals surface area (Å²) in [4.78, 5) is 2.40. The van der Waals surface area contributed by atoms with Gasteiger partial charge in [0.2, 0.25) is 0 Å². The number of sulfone groups is 1. The van der Waals surface area contributed by atoms with E-state index in [0.29, 0.717) is 29.5 Å². The highest BCUT2D eigenvalue weighted by atomic mass is 32.2. The molecule has 2 rings (SSSR count). The second kappa shape index (κ2) is 5.88. The van der Waals surface area contributed by atoms with Crippen LogP contribution in [0, 0.1) is 5.92 Å². The fourth-order valence-corrected chi connectivity index (χ4v) is 4.67. The first kappa shape index (κ1) is 14.3. The highest BCUT2D eigenvalue weighted by Gasteiger charge is 2.28. The van der Waals surface area contributed by atoms with Gasteiger partial charge in [-0.25, -0.2) is 8.42 Å². The molecule has 0 aliphatic carbocycles. The molecule has 106 valence electrons. The van der Waals surface area contributed by atoms with E-state index in [0.717, 1.165) is 12.8 Å². The summed E-state index contributed by atoms with van der Waals surface area (Å²) in [5, 5.41) is 3.66. The number of rotatable bonds is 3. The van der Waals surface area contributed by atoms with E-state index in [4.69, 9.17) is 0 Å². The standard InChI is InChI=1S/C13H26N2O2S/c1-11(12-4-3-7-15(2)10-12)14-13-5-8-18(16,17)9-6-13/h11-14H,3-10H2,1-2H3. The van der Waals surface area contributed by atoms with E-state index in [9.17, 15) is 8.42 Å². The van der Waals surface area contributed by atoms with Crippen LogP contribution in [-0.2, 0) is 9.84 Å². The molecule has 2 aliphatic rings. The Balaban J connectivity index is 1.79. The Morgan fingerprint density at radius 3 is 2.50 bits per heavy atom. The van der Waals surface area contributed by atoms with Crippen LogP contribution in [0.1, 0.15) is 32.6 Å². The fourth-order valence-electron chi connectivity index (χ4n) is 3.18. The van der Waals surface area contributed by atoms with Crippen LogP contribution in [-0.4, -0.2) is 57.0 Å². The average Bonchev–Trinajstić information content (AvgIpc) is 2.32.